The fourth-order valence-electron chi connectivity index (χ4n) is 1.55. The summed E-state index contributed by atoms with van der Waals surface area (Å²) in [5.74, 6) is 0.968. The molecule has 0 unspecified atom stereocenters. The van der Waals surface area contributed by atoms with Gasteiger partial charge >= 0.3 is 5.97 Å². The van der Waals surface area contributed by atoms with Crippen molar-refractivity contribution < 1.29 is 14.1 Å². The van der Waals surface area contributed by atoms with Crippen molar-refractivity contribution in [2.75, 3.05) is 18.5 Å². The van der Waals surface area contributed by atoms with Crippen LogP contribution in [0.25, 0.3) is 0 Å². The first-order valence-electron chi connectivity index (χ1n) is 6.30. The van der Waals surface area contributed by atoms with Crippen LogP contribution in [0.4, 0.5) is 5.13 Å². The van der Waals surface area contributed by atoms with Gasteiger partial charge in [0.05, 0.1) is 18.7 Å². The molecule has 0 fully saturated rings. The molecule has 0 aliphatic carbocycles. The number of nitrogens with zero attached hydrogens (tertiary/aromatic N) is 3. The third kappa shape index (κ3) is 4.30. The second-order valence-electron chi connectivity index (χ2n) is 4.03. The number of anilines is 1. The number of carbonyl (C=O) groups is 1. The van der Waals surface area contributed by atoms with Crippen molar-refractivity contribution in [1.29, 1.82) is 0 Å². The van der Waals surface area contributed by atoms with Gasteiger partial charge in [-0.3, -0.25) is 4.79 Å². The molecule has 0 radical (unpaired) electrons. The molecule has 8 heteroatoms. The zero-order chi connectivity index (χ0) is 14.4. The van der Waals surface area contributed by atoms with E-state index in [2.05, 4.69) is 20.4 Å². The maximum absolute atomic E-state index is 11.3. The van der Waals surface area contributed by atoms with Crippen LogP contribution in [-0.2, 0) is 22.4 Å². The Morgan fingerprint density at radius 1 is 1.50 bits per heavy atom. The van der Waals surface area contributed by atoms with Crippen LogP contribution >= 0.6 is 11.3 Å². The van der Waals surface area contributed by atoms with Crippen molar-refractivity contribution >= 4 is 22.4 Å². The minimum absolute atomic E-state index is 0.204. The predicted octanol–water partition coefficient (Wildman–Crippen LogP) is 1.59. The van der Waals surface area contributed by atoms with Gasteiger partial charge in [-0.25, -0.2) is 4.98 Å². The Balaban J connectivity index is 1.76. The van der Waals surface area contributed by atoms with E-state index in [9.17, 15) is 4.79 Å². The van der Waals surface area contributed by atoms with Crippen LogP contribution in [0.3, 0.4) is 0 Å². The molecule has 2 rings (SSSR count). The summed E-state index contributed by atoms with van der Waals surface area (Å²) in [6.45, 7) is 4.58. The quantitative estimate of drug-likeness (QED) is 0.776. The molecule has 2 heterocycles. The first kappa shape index (κ1) is 14.4. The van der Waals surface area contributed by atoms with Crippen molar-refractivity contribution in [1.82, 2.24) is 15.1 Å². The number of thiazole rings is 1. The van der Waals surface area contributed by atoms with E-state index in [0.717, 1.165) is 5.13 Å². The summed E-state index contributed by atoms with van der Waals surface area (Å²) < 4.78 is 9.76. The van der Waals surface area contributed by atoms with E-state index in [1.54, 1.807) is 13.8 Å². The summed E-state index contributed by atoms with van der Waals surface area (Å²) in [5, 5.41) is 9.58. The first-order valence-corrected chi connectivity index (χ1v) is 7.18. The zero-order valence-electron chi connectivity index (χ0n) is 11.4. The van der Waals surface area contributed by atoms with E-state index < -0.39 is 0 Å². The van der Waals surface area contributed by atoms with Gasteiger partial charge in [0.15, 0.2) is 11.0 Å². The van der Waals surface area contributed by atoms with Gasteiger partial charge in [-0.15, -0.1) is 11.3 Å². The average molecular weight is 296 g/mol. The molecular weight excluding hydrogens is 280 g/mol. The lowest BCUT2D eigenvalue weighted by molar-refractivity contribution is -0.142. The molecule has 0 saturated carbocycles. The van der Waals surface area contributed by atoms with Gasteiger partial charge in [0, 0.05) is 25.3 Å². The molecule has 20 heavy (non-hydrogen) atoms. The van der Waals surface area contributed by atoms with Crippen molar-refractivity contribution in [3.05, 3.63) is 22.8 Å². The molecular formula is C12H16N4O3S. The lowest BCUT2D eigenvalue weighted by Gasteiger charge is -1.99. The number of carbonyl (C=O) groups excluding carboxylic acids is 1. The molecule has 0 aliphatic rings. The molecule has 0 saturated heterocycles. The van der Waals surface area contributed by atoms with Crippen LogP contribution < -0.4 is 5.32 Å². The molecule has 0 aliphatic heterocycles. The summed E-state index contributed by atoms with van der Waals surface area (Å²) in [4.78, 5) is 19.7. The monoisotopic (exact) mass is 296 g/mol. The highest BCUT2D eigenvalue weighted by molar-refractivity contribution is 7.13. The first-order chi connectivity index (χ1) is 9.67. The SMILES string of the molecule is CCOC(=O)Cc1csc(NCCc2noc(C)n2)n1. The number of hydrogen-bond acceptors (Lipinski definition) is 8. The van der Waals surface area contributed by atoms with Crippen LogP contribution in [0, 0.1) is 6.92 Å². The number of hydrogen-bond donors (Lipinski definition) is 1. The minimum atomic E-state index is -0.258. The van der Waals surface area contributed by atoms with E-state index >= 15 is 0 Å². The summed E-state index contributed by atoms with van der Waals surface area (Å²) in [5.41, 5.74) is 0.714. The van der Waals surface area contributed by atoms with E-state index in [4.69, 9.17) is 9.26 Å². The largest absolute Gasteiger partial charge is 0.466 e. The van der Waals surface area contributed by atoms with Gasteiger partial charge < -0.3 is 14.6 Å². The zero-order valence-corrected chi connectivity index (χ0v) is 12.2. The second-order valence-corrected chi connectivity index (χ2v) is 4.89. The molecule has 0 spiro atoms. The van der Waals surface area contributed by atoms with Gasteiger partial charge in [0.25, 0.3) is 0 Å². The van der Waals surface area contributed by atoms with E-state index in [1.165, 1.54) is 11.3 Å². The Morgan fingerprint density at radius 3 is 3.05 bits per heavy atom. The molecule has 2 aromatic rings. The fraction of sp³-hybridized carbons (Fsp3) is 0.500. The lowest BCUT2D eigenvalue weighted by Crippen LogP contribution is -2.08. The smallest absolute Gasteiger partial charge is 0.311 e. The molecule has 0 amide bonds. The van der Waals surface area contributed by atoms with E-state index in [-0.39, 0.29) is 12.4 Å². The minimum Gasteiger partial charge on any atom is -0.466 e. The highest BCUT2D eigenvalue weighted by Gasteiger charge is 2.08. The molecule has 0 bridgehead atoms. The van der Waals surface area contributed by atoms with E-state index in [0.29, 0.717) is 37.0 Å². The third-order valence-corrected chi connectivity index (χ3v) is 3.23. The number of esters is 1. The van der Waals surface area contributed by atoms with Crippen molar-refractivity contribution in [3.63, 3.8) is 0 Å². The van der Waals surface area contributed by atoms with Crippen molar-refractivity contribution in [2.45, 2.75) is 26.7 Å². The molecule has 7 nitrogen and oxygen atoms in total. The molecule has 108 valence electrons. The number of aryl methyl sites for hydroxylation is 1. The van der Waals surface area contributed by atoms with Crippen molar-refractivity contribution in [2.24, 2.45) is 0 Å². The van der Waals surface area contributed by atoms with Crippen LogP contribution in [0.1, 0.15) is 24.3 Å². The number of rotatable bonds is 7. The van der Waals surface area contributed by atoms with Gasteiger partial charge in [0.1, 0.15) is 0 Å². The average Bonchev–Trinajstić information content (AvgIpc) is 3.00. The number of aromatic nitrogens is 3. The Bertz CT molecular complexity index is 567. The van der Waals surface area contributed by atoms with Crippen LogP contribution in [0.2, 0.25) is 0 Å². The third-order valence-electron chi connectivity index (χ3n) is 2.38. The van der Waals surface area contributed by atoms with Gasteiger partial charge in [0.2, 0.25) is 5.89 Å². The highest BCUT2D eigenvalue weighted by atomic mass is 32.1. The Labute approximate surface area is 120 Å². The maximum atomic E-state index is 11.3. The van der Waals surface area contributed by atoms with Crippen molar-refractivity contribution in [3.8, 4) is 0 Å². The molecule has 2 aromatic heterocycles. The summed E-state index contributed by atoms with van der Waals surface area (Å²) in [6.07, 6.45) is 0.861. The number of nitrogens with one attached hydrogen (secondary N) is 1. The predicted molar refractivity (Wildman–Crippen MR) is 73.7 cm³/mol. The van der Waals surface area contributed by atoms with Crippen LogP contribution in [0.5, 0.6) is 0 Å². The van der Waals surface area contributed by atoms with Crippen LogP contribution in [-0.4, -0.2) is 34.2 Å². The molecule has 0 atom stereocenters. The van der Waals surface area contributed by atoms with Gasteiger partial charge in [-0.2, -0.15) is 4.98 Å². The topological polar surface area (TPSA) is 90.1 Å². The number of ether oxygens (including phenoxy) is 1. The Hall–Kier alpha value is -1.96. The maximum Gasteiger partial charge on any atom is 0.311 e. The van der Waals surface area contributed by atoms with Gasteiger partial charge in [-0.05, 0) is 6.92 Å². The lowest BCUT2D eigenvalue weighted by atomic mass is 10.3. The standard InChI is InChI=1S/C12H16N4O3S/c1-3-18-11(17)6-9-7-20-12(15-9)13-5-4-10-14-8(2)19-16-10/h7H,3-6H2,1-2H3,(H,13,15). The van der Waals surface area contributed by atoms with Gasteiger partial charge in [-0.1, -0.05) is 5.16 Å². The molecule has 1 N–H and O–H groups in total. The van der Waals surface area contributed by atoms with E-state index in [1.807, 2.05) is 5.38 Å². The summed E-state index contributed by atoms with van der Waals surface area (Å²) >= 11 is 1.46. The Kier molecular flexibility index (Phi) is 5.05. The second kappa shape index (κ2) is 6.99. The highest BCUT2D eigenvalue weighted by Crippen LogP contribution is 2.16. The normalized spacial score (nSPS) is 10.5. The fourth-order valence-corrected chi connectivity index (χ4v) is 2.29. The summed E-state index contributed by atoms with van der Waals surface area (Å²) in [7, 11) is 0. The molecule has 0 aromatic carbocycles. The summed E-state index contributed by atoms with van der Waals surface area (Å²) in [6, 6.07) is 0. The Morgan fingerprint density at radius 2 is 2.35 bits per heavy atom. The van der Waals surface area contributed by atoms with Crippen LogP contribution in [0.15, 0.2) is 9.90 Å².